The van der Waals surface area contributed by atoms with Crippen LogP contribution in [0, 0.1) is 0 Å². The van der Waals surface area contributed by atoms with E-state index in [0.717, 1.165) is 38.0 Å². The molecular weight excluding hydrogens is 388 g/mol. The molecular formula is C21H13BrN4. The molecule has 0 saturated carbocycles. The number of hydrogen-bond acceptors (Lipinski definition) is 3. The Morgan fingerprint density at radius 1 is 0.731 bits per heavy atom. The van der Waals surface area contributed by atoms with Crippen LogP contribution in [0.1, 0.15) is 0 Å². The maximum Gasteiger partial charge on any atom is 0.183 e. The lowest BCUT2D eigenvalue weighted by atomic mass is 10.1. The third kappa shape index (κ3) is 2.40. The summed E-state index contributed by atoms with van der Waals surface area (Å²) in [4.78, 5) is 9.70. The standard InChI is InChI=1S/C21H13BrN4/c22-16-11-5-4-10-15(16)20-24-21-19(14-8-2-1-3-9-14)23-17-12-6-7-13-18(17)26(21)25-20/h1-13H. The van der Waals surface area contributed by atoms with Gasteiger partial charge in [0.05, 0.1) is 11.0 Å². The predicted molar refractivity (Wildman–Crippen MR) is 107 cm³/mol. The van der Waals surface area contributed by atoms with Crippen molar-refractivity contribution in [2.75, 3.05) is 0 Å². The van der Waals surface area contributed by atoms with Gasteiger partial charge in [0.1, 0.15) is 5.69 Å². The van der Waals surface area contributed by atoms with E-state index in [2.05, 4.69) is 15.9 Å². The second-order valence-electron chi connectivity index (χ2n) is 5.97. The Kier molecular flexibility index (Phi) is 3.53. The number of hydrogen-bond donors (Lipinski definition) is 0. The van der Waals surface area contributed by atoms with Crippen LogP contribution in [0.3, 0.4) is 0 Å². The van der Waals surface area contributed by atoms with Crippen molar-refractivity contribution in [3.63, 3.8) is 0 Å². The quantitative estimate of drug-likeness (QED) is 0.399. The monoisotopic (exact) mass is 400 g/mol. The topological polar surface area (TPSA) is 43.1 Å². The van der Waals surface area contributed by atoms with Crippen LogP contribution in [-0.4, -0.2) is 19.6 Å². The van der Waals surface area contributed by atoms with Crippen molar-refractivity contribution >= 4 is 32.6 Å². The lowest BCUT2D eigenvalue weighted by Crippen LogP contribution is -1.97. The van der Waals surface area contributed by atoms with E-state index in [1.54, 1.807) is 0 Å². The Labute approximate surface area is 158 Å². The zero-order chi connectivity index (χ0) is 17.5. The van der Waals surface area contributed by atoms with Crippen LogP contribution >= 0.6 is 15.9 Å². The number of halogens is 1. The van der Waals surface area contributed by atoms with Crippen LogP contribution in [0.25, 0.3) is 39.3 Å². The van der Waals surface area contributed by atoms with E-state index in [0.29, 0.717) is 5.82 Å². The molecule has 2 heterocycles. The molecule has 0 atom stereocenters. The third-order valence-electron chi connectivity index (χ3n) is 4.32. The lowest BCUT2D eigenvalue weighted by Gasteiger charge is -2.05. The van der Waals surface area contributed by atoms with Crippen LogP contribution in [-0.2, 0) is 0 Å². The van der Waals surface area contributed by atoms with Gasteiger partial charge in [-0.3, -0.25) is 0 Å². The van der Waals surface area contributed by atoms with Gasteiger partial charge in [-0.2, -0.15) is 0 Å². The summed E-state index contributed by atoms with van der Waals surface area (Å²) in [5, 5.41) is 4.79. The normalized spacial score (nSPS) is 11.3. The van der Waals surface area contributed by atoms with Crippen LogP contribution in [0.15, 0.2) is 83.3 Å². The summed E-state index contributed by atoms with van der Waals surface area (Å²) >= 11 is 3.60. The molecule has 2 aromatic heterocycles. The molecule has 0 aliphatic rings. The molecule has 0 aliphatic carbocycles. The number of nitrogens with zero attached hydrogens (tertiary/aromatic N) is 4. The fourth-order valence-electron chi connectivity index (χ4n) is 3.09. The van der Waals surface area contributed by atoms with E-state index in [1.165, 1.54) is 0 Å². The molecule has 5 aromatic rings. The number of aromatic nitrogens is 4. The zero-order valence-electron chi connectivity index (χ0n) is 13.7. The molecule has 5 heteroatoms. The molecule has 0 unspecified atom stereocenters. The molecule has 3 aromatic carbocycles. The number of fused-ring (bicyclic) bond motifs is 3. The van der Waals surface area contributed by atoms with Crippen LogP contribution in [0.2, 0.25) is 0 Å². The lowest BCUT2D eigenvalue weighted by molar-refractivity contribution is 1.00. The van der Waals surface area contributed by atoms with E-state index in [4.69, 9.17) is 15.1 Å². The molecule has 0 radical (unpaired) electrons. The first kappa shape index (κ1) is 15.2. The minimum absolute atomic E-state index is 0.674. The summed E-state index contributed by atoms with van der Waals surface area (Å²) in [6.45, 7) is 0. The molecule has 0 N–H and O–H groups in total. The van der Waals surface area contributed by atoms with Crippen LogP contribution in [0.4, 0.5) is 0 Å². The van der Waals surface area contributed by atoms with Crippen LogP contribution in [0.5, 0.6) is 0 Å². The summed E-state index contributed by atoms with van der Waals surface area (Å²) in [7, 11) is 0. The van der Waals surface area contributed by atoms with Gasteiger partial charge in [0.15, 0.2) is 11.5 Å². The van der Waals surface area contributed by atoms with Crippen molar-refractivity contribution in [2.24, 2.45) is 0 Å². The van der Waals surface area contributed by atoms with E-state index in [9.17, 15) is 0 Å². The van der Waals surface area contributed by atoms with Crippen molar-refractivity contribution in [1.29, 1.82) is 0 Å². The molecule has 0 amide bonds. The van der Waals surface area contributed by atoms with Crippen molar-refractivity contribution in [3.05, 3.63) is 83.3 Å². The van der Waals surface area contributed by atoms with E-state index < -0.39 is 0 Å². The average molecular weight is 401 g/mol. The number of para-hydroxylation sites is 2. The molecule has 0 aliphatic heterocycles. The molecule has 0 fully saturated rings. The van der Waals surface area contributed by atoms with Gasteiger partial charge < -0.3 is 0 Å². The summed E-state index contributed by atoms with van der Waals surface area (Å²) < 4.78 is 2.86. The maximum absolute atomic E-state index is 4.87. The second kappa shape index (κ2) is 6.04. The maximum atomic E-state index is 4.87. The summed E-state index contributed by atoms with van der Waals surface area (Å²) in [5.74, 6) is 0.674. The Morgan fingerprint density at radius 2 is 1.46 bits per heavy atom. The average Bonchev–Trinajstić information content (AvgIpc) is 3.14. The van der Waals surface area contributed by atoms with Crippen LogP contribution < -0.4 is 0 Å². The highest BCUT2D eigenvalue weighted by molar-refractivity contribution is 9.10. The molecule has 0 bridgehead atoms. The van der Waals surface area contributed by atoms with Gasteiger partial charge >= 0.3 is 0 Å². The second-order valence-corrected chi connectivity index (χ2v) is 6.82. The van der Waals surface area contributed by atoms with Gasteiger partial charge in [-0.15, -0.1) is 5.10 Å². The Morgan fingerprint density at radius 3 is 2.31 bits per heavy atom. The summed E-state index contributed by atoms with van der Waals surface area (Å²) in [6, 6.07) is 26.1. The van der Waals surface area contributed by atoms with Crippen molar-refractivity contribution in [3.8, 4) is 22.6 Å². The third-order valence-corrected chi connectivity index (χ3v) is 5.01. The Bertz CT molecular complexity index is 1250. The first-order chi connectivity index (χ1) is 12.8. The molecule has 0 spiro atoms. The van der Waals surface area contributed by atoms with Gasteiger partial charge in [0.25, 0.3) is 0 Å². The van der Waals surface area contributed by atoms with E-state index in [1.807, 2.05) is 83.4 Å². The van der Waals surface area contributed by atoms with Gasteiger partial charge in [0, 0.05) is 15.6 Å². The van der Waals surface area contributed by atoms with Crippen molar-refractivity contribution < 1.29 is 0 Å². The minimum atomic E-state index is 0.674. The molecule has 4 nitrogen and oxygen atoms in total. The molecule has 26 heavy (non-hydrogen) atoms. The molecule has 0 saturated heterocycles. The van der Waals surface area contributed by atoms with E-state index in [-0.39, 0.29) is 0 Å². The highest BCUT2D eigenvalue weighted by atomic mass is 79.9. The fourth-order valence-corrected chi connectivity index (χ4v) is 3.55. The summed E-state index contributed by atoms with van der Waals surface area (Å²) in [5.41, 5.74) is 5.39. The van der Waals surface area contributed by atoms with Crippen molar-refractivity contribution in [2.45, 2.75) is 0 Å². The highest BCUT2D eigenvalue weighted by Gasteiger charge is 2.16. The SMILES string of the molecule is Brc1ccccc1-c1nc2c(-c3ccccc3)nc3ccccc3n2n1. The largest absolute Gasteiger partial charge is 0.242 e. The van der Waals surface area contributed by atoms with Gasteiger partial charge in [0.2, 0.25) is 0 Å². The Hall–Kier alpha value is -3.05. The first-order valence-electron chi connectivity index (χ1n) is 8.27. The Balaban J connectivity index is 1.88. The number of rotatable bonds is 2. The number of benzene rings is 3. The van der Waals surface area contributed by atoms with E-state index >= 15 is 0 Å². The first-order valence-corrected chi connectivity index (χ1v) is 9.06. The zero-order valence-corrected chi connectivity index (χ0v) is 15.3. The van der Waals surface area contributed by atoms with Crippen molar-refractivity contribution in [1.82, 2.24) is 19.6 Å². The highest BCUT2D eigenvalue weighted by Crippen LogP contribution is 2.30. The van der Waals surface area contributed by atoms with Gasteiger partial charge in [-0.25, -0.2) is 14.5 Å². The van der Waals surface area contributed by atoms with Gasteiger partial charge in [-0.05, 0) is 24.3 Å². The molecule has 124 valence electrons. The molecule has 5 rings (SSSR count). The fraction of sp³-hybridized carbons (Fsp3) is 0. The minimum Gasteiger partial charge on any atom is -0.242 e. The summed E-state index contributed by atoms with van der Waals surface area (Å²) in [6.07, 6.45) is 0. The smallest absolute Gasteiger partial charge is 0.183 e. The predicted octanol–water partition coefficient (Wildman–Crippen LogP) is 5.37. The van der Waals surface area contributed by atoms with Gasteiger partial charge in [-0.1, -0.05) is 70.5 Å².